The van der Waals surface area contributed by atoms with Crippen molar-refractivity contribution in [1.82, 2.24) is 35.0 Å². The first-order valence-electron chi connectivity index (χ1n) is 13.1. The lowest BCUT2D eigenvalue weighted by Gasteiger charge is -2.38. The zero-order valence-corrected chi connectivity index (χ0v) is 21.5. The SMILES string of the molecule is Cc1ccc2[nH]c(=O)c([C@@H](c3nnnn3Cc3ccccc3)N3CCN(Cc4ccccc4)CC3)cc2c1. The Labute approximate surface area is 221 Å². The van der Waals surface area contributed by atoms with E-state index < -0.39 is 0 Å². The summed E-state index contributed by atoms with van der Waals surface area (Å²) in [6.45, 7) is 6.93. The fourth-order valence-corrected chi connectivity index (χ4v) is 5.34. The molecular formula is C30H31N7O. The molecule has 8 nitrogen and oxygen atoms in total. The molecule has 38 heavy (non-hydrogen) atoms. The molecule has 8 heteroatoms. The molecular weight excluding hydrogens is 474 g/mol. The second kappa shape index (κ2) is 10.7. The van der Waals surface area contributed by atoms with Crippen molar-refractivity contribution in [3.63, 3.8) is 0 Å². The van der Waals surface area contributed by atoms with Gasteiger partial charge in [0.1, 0.15) is 6.04 Å². The summed E-state index contributed by atoms with van der Waals surface area (Å²) >= 11 is 0. The highest BCUT2D eigenvalue weighted by Crippen LogP contribution is 2.28. The summed E-state index contributed by atoms with van der Waals surface area (Å²) in [6.07, 6.45) is 0. The molecule has 1 atom stereocenters. The van der Waals surface area contributed by atoms with Crippen molar-refractivity contribution in [3.05, 3.63) is 123 Å². The minimum Gasteiger partial charge on any atom is -0.322 e. The molecule has 3 aromatic carbocycles. The standard InChI is InChI=1S/C30H31N7O/c1-22-12-13-27-25(18-22)19-26(30(38)31-27)28(29-32-33-34-37(29)21-24-10-6-3-7-11-24)36-16-14-35(15-17-36)20-23-8-4-2-5-9-23/h2-13,18-19,28H,14-17,20-21H2,1H3,(H,31,38)/t28-/m0/s1. The monoisotopic (exact) mass is 505 g/mol. The Hall–Kier alpha value is -4.14. The molecule has 1 N–H and O–H groups in total. The maximum Gasteiger partial charge on any atom is 0.253 e. The number of nitrogens with zero attached hydrogens (tertiary/aromatic N) is 6. The maximum absolute atomic E-state index is 13.5. The Balaban J connectivity index is 1.35. The predicted octanol–water partition coefficient (Wildman–Crippen LogP) is 3.78. The molecule has 0 aliphatic carbocycles. The third-order valence-electron chi connectivity index (χ3n) is 7.32. The highest BCUT2D eigenvalue weighted by molar-refractivity contribution is 5.79. The van der Waals surface area contributed by atoms with Crippen LogP contribution in [0.3, 0.4) is 0 Å². The normalized spacial score (nSPS) is 15.6. The van der Waals surface area contributed by atoms with Crippen molar-refractivity contribution in [3.8, 4) is 0 Å². The third kappa shape index (κ3) is 5.14. The van der Waals surface area contributed by atoms with Gasteiger partial charge >= 0.3 is 0 Å². The number of nitrogens with one attached hydrogen (secondary N) is 1. The molecule has 0 radical (unpaired) electrons. The number of benzene rings is 3. The molecule has 0 unspecified atom stereocenters. The Bertz CT molecular complexity index is 1570. The maximum atomic E-state index is 13.5. The molecule has 1 aliphatic rings. The number of rotatable bonds is 7. The van der Waals surface area contributed by atoms with Crippen LogP contribution < -0.4 is 5.56 Å². The average Bonchev–Trinajstić information content (AvgIpc) is 3.39. The van der Waals surface area contributed by atoms with E-state index in [0.29, 0.717) is 17.9 Å². The lowest BCUT2D eigenvalue weighted by molar-refractivity contribution is 0.0998. The summed E-state index contributed by atoms with van der Waals surface area (Å²) < 4.78 is 1.83. The second-order valence-corrected chi connectivity index (χ2v) is 10.0. The van der Waals surface area contributed by atoms with Crippen LogP contribution in [-0.4, -0.2) is 61.2 Å². The Kier molecular flexibility index (Phi) is 6.81. The number of piperazine rings is 1. The summed E-state index contributed by atoms with van der Waals surface area (Å²) in [5.74, 6) is 0.683. The number of aryl methyl sites for hydroxylation is 1. The predicted molar refractivity (Wildman–Crippen MR) is 148 cm³/mol. The van der Waals surface area contributed by atoms with Crippen LogP contribution in [0, 0.1) is 6.92 Å². The van der Waals surface area contributed by atoms with Crippen LogP contribution in [-0.2, 0) is 13.1 Å². The van der Waals surface area contributed by atoms with Crippen LogP contribution in [0.25, 0.3) is 10.9 Å². The van der Waals surface area contributed by atoms with Crippen LogP contribution >= 0.6 is 0 Å². The molecule has 1 saturated heterocycles. The molecule has 5 aromatic rings. The van der Waals surface area contributed by atoms with Gasteiger partial charge in [0.2, 0.25) is 0 Å². The van der Waals surface area contributed by atoms with Gasteiger partial charge in [-0.15, -0.1) is 5.10 Å². The lowest BCUT2D eigenvalue weighted by Crippen LogP contribution is -2.48. The third-order valence-corrected chi connectivity index (χ3v) is 7.32. The van der Waals surface area contributed by atoms with Gasteiger partial charge in [-0.3, -0.25) is 14.6 Å². The second-order valence-electron chi connectivity index (χ2n) is 10.0. The number of aromatic amines is 1. The van der Waals surface area contributed by atoms with E-state index in [4.69, 9.17) is 0 Å². The first kappa shape index (κ1) is 24.2. The molecule has 1 aliphatic heterocycles. The van der Waals surface area contributed by atoms with Gasteiger partial charge in [-0.05, 0) is 52.1 Å². The minimum absolute atomic E-state index is 0.104. The number of aromatic nitrogens is 5. The summed E-state index contributed by atoms with van der Waals surface area (Å²) in [4.78, 5) is 21.4. The fraction of sp³-hybridized carbons (Fsp3) is 0.267. The number of tetrazole rings is 1. The van der Waals surface area contributed by atoms with Gasteiger partial charge in [-0.1, -0.05) is 72.3 Å². The van der Waals surface area contributed by atoms with E-state index in [-0.39, 0.29) is 11.6 Å². The number of H-pyrrole nitrogens is 1. The van der Waals surface area contributed by atoms with E-state index >= 15 is 0 Å². The summed E-state index contributed by atoms with van der Waals surface area (Å²) in [6, 6.07) is 28.5. The van der Waals surface area contributed by atoms with Gasteiger partial charge < -0.3 is 4.98 Å². The minimum atomic E-state index is -0.360. The molecule has 0 amide bonds. The Morgan fingerprint density at radius 2 is 1.53 bits per heavy atom. The van der Waals surface area contributed by atoms with Crippen molar-refractivity contribution in [2.24, 2.45) is 0 Å². The lowest BCUT2D eigenvalue weighted by atomic mass is 10.0. The van der Waals surface area contributed by atoms with Crippen LogP contribution in [0.5, 0.6) is 0 Å². The Morgan fingerprint density at radius 1 is 0.842 bits per heavy atom. The van der Waals surface area contributed by atoms with Crippen LogP contribution in [0.15, 0.2) is 89.7 Å². The van der Waals surface area contributed by atoms with Crippen LogP contribution in [0.1, 0.15) is 34.1 Å². The van der Waals surface area contributed by atoms with Gasteiger partial charge in [0, 0.05) is 43.8 Å². The van der Waals surface area contributed by atoms with Crippen LogP contribution in [0.4, 0.5) is 0 Å². The van der Waals surface area contributed by atoms with E-state index in [1.54, 1.807) is 0 Å². The van der Waals surface area contributed by atoms with Crippen molar-refractivity contribution < 1.29 is 0 Å². The Morgan fingerprint density at radius 3 is 2.24 bits per heavy atom. The van der Waals surface area contributed by atoms with E-state index in [9.17, 15) is 4.79 Å². The van der Waals surface area contributed by atoms with Crippen molar-refractivity contribution in [1.29, 1.82) is 0 Å². The van der Waals surface area contributed by atoms with E-state index in [0.717, 1.165) is 54.8 Å². The van der Waals surface area contributed by atoms with E-state index in [1.807, 2.05) is 47.1 Å². The topological polar surface area (TPSA) is 82.9 Å². The fourth-order valence-electron chi connectivity index (χ4n) is 5.34. The highest BCUT2D eigenvalue weighted by atomic mass is 16.1. The zero-order chi connectivity index (χ0) is 25.9. The van der Waals surface area contributed by atoms with Crippen molar-refractivity contribution in [2.45, 2.75) is 26.1 Å². The summed E-state index contributed by atoms with van der Waals surface area (Å²) in [7, 11) is 0. The average molecular weight is 506 g/mol. The number of pyridine rings is 1. The summed E-state index contributed by atoms with van der Waals surface area (Å²) in [5, 5.41) is 13.9. The molecule has 1 fully saturated rings. The van der Waals surface area contributed by atoms with Gasteiger partial charge in [-0.25, -0.2) is 4.68 Å². The molecule has 0 spiro atoms. The van der Waals surface area contributed by atoms with E-state index in [1.165, 1.54) is 5.56 Å². The molecule has 0 saturated carbocycles. The van der Waals surface area contributed by atoms with Gasteiger partial charge in [0.25, 0.3) is 5.56 Å². The first-order chi connectivity index (χ1) is 18.6. The van der Waals surface area contributed by atoms with Gasteiger partial charge in [0.15, 0.2) is 5.82 Å². The van der Waals surface area contributed by atoms with Crippen LogP contribution in [0.2, 0.25) is 0 Å². The smallest absolute Gasteiger partial charge is 0.253 e. The number of hydrogen-bond acceptors (Lipinski definition) is 6. The zero-order valence-electron chi connectivity index (χ0n) is 21.5. The quantitative estimate of drug-likeness (QED) is 0.363. The highest BCUT2D eigenvalue weighted by Gasteiger charge is 2.32. The van der Waals surface area contributed by atoms with Crippen molar-refractivity contribution >= 4 is 10.9 Å². The largest absolute Gasteiger partial charge is 0.322 e. The summed E-state index contributed by atoms with van der Waals surface area (Å²) in [5.41, 5.74) is 4.97. The number of hydrogen-bond donors (Lipinski definition) is 1. The molecule has 0 bridgehead atoms. The van der Waals surface area contributed by atoms with E-state index in [2.05, 4.69) is 79.7 Å². The molecule has 6 rings (SSSR count). The van der Waals surface area contributed by atoms with Gasteiger partial charge in [0.05, 0.1) is 6.54 Å². The molecule has 2 aromatic heterocycles. The molecule has 192 valence electrons. The first-order valence-corrected chi connectivity index (χ1v) is 13.1. The molecule has 3 heterocycles. The van der Waals surface area contributed by atoms with Crippen molar-refractivity contribution in [2.75, 3.05) is 26.2 Å². The van der Waals surface area contributed by atoms with Gasteiger partial charge in [-0.2, -0.15) is 0 Å². The number of fused-ring (bicyclic) bond motifs is 1.